The highest BCUT2D eigenvalue weighted by Gasteiger charge is 2.23. The Bertz CT molecular complexity index is 814. The van der Waals surface area contributed by atoms with Crippen molar-refractivity contribution in [3.05, 3.63) is 64.6 Å². The lowest BCUT2D eigenvalue weighted by Crippen LogP contribution is -2.26. The molecule has 1 aromatic carbocycles. The number of hydrogen-bond donors (Lipinski definition) is 2. The Morgan fingerprint density at radius 3 is 2.88 bits per heavy atom. The van der Waals surface area contributed by atoms with Crippen molar-refractivity contribution in [3.8, 4) is 0 Å². The maximum Gasteiger partial charge on any atom is 0.364 e. The fourth-order valence-electron chi connectivity index (χ4n) is 2.97. The fraction of sp³-hybridized carbons (Fsp3) is 0.263. The number of nitrogens with one attached hydrogen (secondary N) is 1. The van der Waals surface area contributed by atoms with Crippen molar-refractivity contribution < 1.29 is 14.3 Å². The van der Waals surface area contributed by atoms with Crippen LogP contribution in [0, 0.1) is 0 Å². The molecule has 1 aliphatic heterocycles. The van der Waals surface area contributed by atoms with Crippen molar-refractivity contribution in [1.29, 1.82) is 0 Å². The summed E-state index contributed by atoms with van der Waals surface area (Å²) in [7, 11) is 0. The first-order chi connectivity index (χ1) is 12.5. The maximum atomic E-state index is 13.2. The minimum atomic E-state index is -1.62. The summed E-state index contributed by atoms with van der Waals surface area (Å²) in [6.07, 6.45) is 3.26. The van der Waals surface area contributed by atoms with Crippen LogP contribution in [0.15, 0.2) is 48.4 Å². The molecule has 0 spiro atoms. The second kappa shape index (κ2) is 8.29. The van der Waals surface area contributed by atoms with E-state index in [1.54, 1.807) is 0 Å². The summed E-state index contributed by atoms with van der Waals surface area (Å²) < 4.78 is 13.2. The number of carboxylic acids is 1. The number of likely N-dealkylation sites (tertiary alicyclic amines) is 1. The van der Waals surface area contributed by atoms with Gasteiger partial charge in [0.25, 0.3) is 0 Å². The third-order valence-corrected chi connectivity index (χ3v) is 4.51. The van der Waals surface area contributed by atoms with Crippen LogP contribution in [-0.4, -0.2) is 40.1 Å². The Hall–Kier alpha value is -2.44. The predicted octanol–water partition coefficient (Wildman–Crippen LogP) is 3.82. The second-order valence-electron chi connectivity index (χ2n) is 6.25. The molecular formula is C19H19ClFN3O2. The highest BCUT2D eigenvalue weighted by molar-refractivity contribution is 6.33. The first-order valence-corrected chi connectivity index (χ1v) is 8.68. The predicted molar refractivity (Wildman–Crippen MR) is 99.7 cm³/mol. The maximum absolute atomic E-state index is 13.2. The van der Waals surface area contributed by atoms with Gasteiger partial charge in [-0.2, -0.15) is 4.39 Å². The molecule has 1 saturated heterocycles. The molecule has 2 N–H and O–H groups in total. The molecular weight excluding hydrogens is 357 g/mol. The number of aliphatic carboxylic acids is 1. The summed E-state index contributed by atoms with van der Waals surface area (Å²) in [5.41, 5.74) is 1.58. The third kappa shape index (κ3) is 4.80. The normalized spacial score (nSPS) is 18.1. The van der Waals surface area contributed by atoms with Gasteiger partial charge in [0, 0.05) is 31.9 Å². The summed E-state index contributed by atoms with van der Waals surface area (Å²) in [4.78, 5) is 17.1. The number of nitrogens with zero attached hydrogens (tertiary/aromatic N) is 2. The molecule has 2 heterocycles. The SMILES string of the molecule is O=C(O)/C(F)=C\c1cnc(N[C@@H]2CCN(Cc3ccccc3)C2)c(Cl)c1. The number of aromatic nitrogens is 1. The van der Waals surface area contributed by atoms with E-state index in [2.05, 4.69) is 27.3 Å². The Morgan fingerprint density at radius 2 is 2.19 bits per heavy atom. The van der Waals surface area contributed by atoms with Crippen LogP contribution >= 0.6 is 11.6 Å². The van der Waals surface area contributed by atoms with Crippen LogP contribution in [0.5, 0.6) is 0 Å². The molecule has 7 heteroatoms. The quantitative estimate of drug-likeness (QED) is 0.751. The molecule has 1 fully saturated rings. The zero-order valence-electron chi connectivity index (χ0n) is 14.0. The standard InChI is InChI=1S/C19H19ClFN3O2/c20-16-8-14(9-17(21)19(25)26)10-22-18(16)23-15-6-7-24(12-15)11-13-4-2-1-3-5-13/h1-5,8-10,15H,6-7,11-12H2,(H,22,23)(H,25,26)/b17-9+/t15-/m1/s1. The van der Waals surface area contributed by atoms with Crippen molar-refractivity contribution >= 4 is 29.5 Å². The molecule has 2 aromatic rings. The van der Waals surface area contributed by atoms with E-state index in [4.69, 9.17) is 16.7 Å². The van der Waals surface area contributed by atoms with Crippen LogP contribution in [0.1, 0.15) is 17.5 Å². The Labute approximate surface area is 156 Å². The number of halogens is 2. The molecule has 3 rings (SSSR count). The number of rotatable bonds is 6. The smallest absolute Gasteiger partial charge is 0.364 e. The first-order valence-electron chi connectivity index (χ1n) is 8.30. The summed E-state index contributed by atoms with van der Waals surface area (Å²) in [5.74, 6) is -2.35. The highest BCUT2D eigenvalue weighted by Crippen LogP contribution is 2.24. The van der Waals surface area contributed by atoms with Gasteiger partial charge in [0.2, 0.25) is 5.83 Å². The van der Waals surface area contributed by atoms with Crippen LogP contribution in [-0.2, 0) is 11.3 Å². The Morgan fingerprint density at radius 1 is 1.42 bits per heavy atom. The highest BCUT2D eigenvalue weighted by atomic mass is 35.5. The van der Waals surface area contributed by atoms with E-state index in [1.165, 1.54) is 17.8 Å². The number of anilines is 1. The molecule has 1 atom stereocenters. The van der Waals surface area contributed by atoms with Gasteiger partial charge in [-0.15, -0.1) is 0 Å². The molecule has 1 aliphatic rings. The largest absolute Gasteiger partial charge is 0.476 e. The lowest BCUT2D eigenvalue weighted by molar-refractivity contribution is -0.134. The number of carboxylic acid groups (broad SMARTS) is 1. The van der Waals surface area contributed by atoms with Crippen LogP contribution in [0.3, 0.4) is 0 Å². The van der Waals surface area contributed by atoms with E-state index in [9.17, 15) is 9.18 Å². The zero-order chi connectivity index (χ0) is 18.5. The summed E-state index contributed by atoms with van der Waals surface area (Å²) in [6, 6.07) is 12.0. The molecule has 0 aliphatic carbocycles. The van der Waals surface area contributed by atoms with Gasteiger partial charge in [-0.1, -0.05) is 41.9 Å². The van der Waals surface area contributed by atoms with Crippen molar-refractivity contribution in [1.82, 2.24) is 9.88 Å². The number of hydrogen-bond acceptors (Lipinski definition) is 4. The van der Waals surface area contributed by atoms with Gasteiger partial charge in [-0.05, 0) is 29.7 Å². The van der Waals surface area contributed by atoms with Gasteiger partial charge in [-0.25, -0.2) is 9.78 Å². The van der Waals surface area contributed by atoms with E-state index >= 15 is 0 Å². The Balaban J connectivity index is 1.59. The second-order valence-corrected chi connectivity index (χ2v) is 6.65. The van der Waals surface area contributed by atoms with Crippen LogP contribution in [0.4, 0.5) is 10.2 Å². The van der Waals surface area contributed by atoms with E-state index < -0.39 is 11.8 Å². The molecule has 136 valence electrons. The lowest BCUT2D eigenvalue weighted by Gasteiger charge is -2.17. The fourth-order valence-corrected chi connectivity index (χ4v) is 3.20. The Kier molecular flexibility index (Phi) is 5.85. The van der Waals surface area contributed by atoms with E-state index in [-0.39, 0.29) is 6.04 Å². The van der Waals surface area contributed by atoms with E-state index in [1.807, 2.05) is 18.2 Å². The summed E-state index contributed by atoms with van der Waals surface area (Å²) in [6.45, 7) is 2.76. The van der Waals surface area contributed by atoms with Crippen molar-refractivity contribution in [3.63, 3.8) is 0 Å². The average Bonchev–Trinajstić information content (AvgIpc) is 3.05. The number of benzene rings is 1. The molecule has 1 aromatic heterocycles. The summed E-state index contributed by atoms with van der Waals surface area (Å²) >= 11 is 6.20. The average molecular weight is 376 g/mol. The van der Waals surface area contributed by atoms with Gasteiger partial charge >= 0.3 is 5.97 Å². The van der Waals surface area contributed by atoms with Crippen molar-refractivity contribution in [2.24, 2.45) is 0 Å². The summed E-state index contributed by atoms with van der Waals surface area (Å²) in [5, 5.41) is 12.2. The minimum Gasteiger partial charge on any atom is -0.476 e. The molecule has 0 radical (unpaired) electrons. The molecule has 0 amide bonds. The topological polar surface area (TPSA) is 65.5 Å². The van der Waals surface area contributed by atoms with Crippen molar-refractivity contribution in [2.45, 2.75) is 19.0 Å². The van der Waals surface area contributed by atoms with E-state index in [0.29, 0.717) is 16.4 Å². The van der Waals surface area contributed by atoms with Crippen molar-refractivity contribution in [2.75, 3.05) is 18.4 Å². The molecule has 0 unspecified atom stereocenters. The van der Waals surface area contributed by atoms with Crippen LogP contribution < -0.4 is 5.32 Å². The van der Waals surface area contributed by atoms with Gasteiger partial charge in [-0.3, -0.25) is 4.90 Å². The number of pyridine rings is 1. The van der Waals surface area contributed by atoms with Gasteiger partial charge in [0.1, 0.15) is 5.82 Å². The molecule has 26 heavy (non-hydrogen) atoms. The van der Waals surface area contributed by atoms with Gasteiger partial charge in [0.15, 0.2) is 0 Å². The van der Waals surface area contributed by atoms with Crippen LogP contribution in [0.25, 0.3) is 6.08 Å². The van der Waals surface area contributed by atoms with Crippen LogP contribution in [0.2, 0.25) is 5.02 Å². The molecule has 0 bridgehead atoms. The first kappa shape index (κ1) is 18.4. The lowest BCUT2D eigenvalue weighted by atomic mass is 10.2. The zero-order valence-corrected chi connectivity index (χ0v) is 14.8. The minimum absolute atomic E-state index is 0.223. The van der Waals surface area contributed by atoms with E-state index in [0.717, 1.165) is 32.1 Å². The van der Waals surface area contributed by atoms with Gasteiger partial charge < -0.3 is 10.4 Å². The third-order valence-electron chi connectivity index (χ3n) is 4.22. The number of carbonyl (C=O) groups is 1. The monoisotopic (exact) mass is 375 g/mol. The molecule has 0 saturated carbocycles. The van der Waals surface area contributed by atoms with Gasteiger partial charge in [0.05, 0.1) is 5.02 Å². The molecule has 5 nitrogen and oxygen atoms in total.